The van der Waals surface area contributed by atoms with E-state index in [1.165, 1.54) is 0 Å². The van der Waals surface area contributed by atoms with E-state index in [1.54, 1.807) is 46.5 Å². The van der Waals surface area contributed by atoms with E-state index in [1.807, 2.05) is 42.6 Å². The van der Waals surface area contributed by atoms with Gasteiger partial charge in [0, 0.05) is 50.3 Å². The molecule has 1 aliphatic heterocycles. The molecular formula is C26H26N4O2. The lowest BCUT2D eigenvalue weighted by Gasteiger charge is -2.24. The number of hydrogen-bond donors (Lipinski definition) is 0. The van der Waals surface area contributed by atoms with Crippen LogP contribution in [0.3, 0.4) is 0 Å². The molecule has 1 saturated heterocycles. The monoisotopic (exact) mass is 426 g/mol. The molecule has 0 aliphatic carbocycles. The highest BCUT2D eigenvalue weighted by molar-refractivity contribution is 5.93. The molecular weight excluding hydrogens is 400 g/mol. The Morgan fingerprint density at radius 2 is 1.91 bits per heavy atom. The molecule has 0 saturated carbocycles. The highest BCUT2D eigenvalue weighted by Crippen LogP contribution is 2.27. The molecule has 0 bridgehead atoms. The number of hydrogen-bond acceptors (Lipinski definition) is 4. The lowest BCUT2D eigenvalue weighted by molar-refractivity contribution is -0.134. The summed E-state index contributed by atoms with van der Waals surface area (Å²) in [6, 6.07) is 17.3. The van der Waals surface area contributed by atoms with Crippen molar-refractivity contribution < 1.29 is 9.59 Å². The van der Waals surface area contributed by atoms with Gasteiger partial charge in [-0.2, -0.15) is 0 Å². The van der Waals surface area contributed by atoms with Gasteiger partial charge in [0.05, 0.1) is 5.92 Å². The summed E-state index contributed by atoms with van der Waals surface area (Å²) in [6.45, 7) is 5.55. The number of amides is 2. The van der Waals surface area contributed by atoms with Crippen molar-refractivity contribution in [3.05, 3.63) is 97.1 Å². The van der Waals surface area contributed by atoms with Crippen LogP contribution in [0.4, 0.5) is 0 Å². The van der Waals surface area contributed by atoms with E-state index in [-0.39, 0.29) is 17.7 Å². The predicted octanol–water partition coefficient (Wildman–Crippen LogP) is 3.47. The normalized spacial score (nSPS) is 16.5. The fourth-order valence-electron chi connectivity index (χ4n) is 4.14. The Labute approximate surface area is 188 Å². The van der Waals surface area contributed by atoms with Crippen LogP contribution in [0.2, 0.25) is 0 Å². The van der Waals surface area contributed by atoms with Crippen molar-refractivity contribution in [2.24, 2.45) is 5.92 Å². The molecule has 0 N–H and O–H groups in total. The molecule has 2 aromatic heterocycles. The smallest absolute Gasteiger partial charge is 0.272 e. The number of nitrogens with zero attached hydrogens (tertiary/aromatic N) is 4. The summed E-state index contributed by atoms with van der Waals surface area (Å²) >= 11 is 0. The first-order chi connectivity index (χ1) is 15.7. The van der Waals surface area contributed by atoms with Gasteiger partial charge in [-0.05, 0) is 35.7 Å². The van der Waals surface area contributed by atoms with Crippen molar-refractivity contribution in [3.63, 3.8) is 0 Å². The molecule has 6 heteroatoms. The van der Waals surface area contributed by atoms with Gasteiger partial charge in [0.2, 0.25) is 5.91 Å². The number of carbonyl (C=O) groups excluding carboxylic acids is 2. The van der Waals surface area contributed by atoms with Crippen LogP contribution in [0.5, 0.6) is 0 Å². The molecule has 3 heterocycles. The van der Waals surface area contributed by atoms with Crippen LogP contribution in [0.15, 0.2) is 85.8 Å². The molecule has 1 aromatic carbocycles. The largest absolute Gasteiger partial charge is 0.337 e. The molecule has 6 nitrogen and oxygen atoms in total. The summed E-state index contributed by atoms with van der Waals surface area (Å²) in [7, 11) is 0. The summed E-state index contributed by atoms with van der Waals surface area (Å²) in [4.78, 5) is 38.5. The van der Waals surface area contributed by atoms with Crippen LogP contribution in [0.1, 0.15) is 16.1 Å². The van der Waals surface area contributed by atoms with Gasteiger partial charge in [-0.1, -0.05) is 42.5 Å². The van der Waals surface area contributed by atoms with E-state index in [9.17, 15) is 9.59 Å². The second-order valence-corrected chi connectivity index (χ2v) is 7.84. The average Bonchev–Trinajstić information content (AvgIpc) is 3.00. The number of carbonyl (C=O) groups is 2. The van der Waals surface area contributed by atoms with Crippen molar-refractivity contribution in [3.8, 4) is 11.1 Å². The van der Waals surface area contributed by atoms with Gasteiger partial charge in [0.25, 0.3) is 5.91 Å². The Kier molecular flexibility index (Phi) is 6.70. The number of aromatic nitrogens is 2. The van der Waals surface area contributed by atoms with Crippen LogP contribution in [-0.2, 0) is 11.2 Å². The van der Waals surface area contributed by atoms with E-state index in [0.29, 0.717) is 38.3 Å². The maximum absolute atomic E-state index is 13.4. The van der Waals surface area contributed by atoms with Crippen LogP contribution >= 0.6 is 0 Å². The highest BCUT2D eigenvalue weighted by Gasteiger charge is 2.33. The van der Waals surface area contributed by atoms with Gasteiger partial charge in [-0.15, -0.1) is 6.58 Å². The zero-order valence-corrected chi connectivity index (χ0v) is 17.9. The number of benzene rings is 1. The fourth-order valence-corrected chi connectivity index (χ4v) is 4.14. The quantitative estimate of drug-likeness (QED) is 0.566. The minimum absolute atomic E-state index is 0.0437. The van der Waals surface area contributed by atoms with Gasteiger partial charge >= 0.3 is 0 Å². The third-order valence-corrected chi connectivity index (χ3v) is 5.72. The summed E-state index contributed by atoms with van der Waals surface area (Å²) < 4.78 is 0. The minimum Gasteiger partial charge on any atom is -0.337 e. The zero-order chi connectivity index (χ0) is 22.3. The van der Waals surface area contributed by atoms with E-state index in [4.69, 9.17) is 0 Å². The molecule has 32 heavy (non-hydrogen) atoms. The summed E-state index contributed by atoms with van der Waals surface area (Å²) in [5.41, 5.74) is 3.51. The summed E-state index contributed by atoms with van der Waals surface area (Å²) in [6.07, 6.45) is 7.45. The third kappa shape index (κ3) is 4.75. The topological polar surface area (TPSA) is 66.4 Å². The first-order valence-electron chi connectivity index (χ1n) is 10.8. The first-order valence-corrected chi connectivity index (χ1v) is 10.8. The second kappa shape index (κ2) is 10.0. The molecule has 1 atom stereocenters. The molecule has 0 radical (unpaired) electrons. The highest BCUT2D eigenvalue weighted by atomic mass is 16.2. The van der Waals surface area contributed by atoms with Crippen LogP contribution in [-0.4, -0.2) is 57.8 Å². The van der Waals surface area contributed by atoms with Crippen molar-refractivity contribution in [2.45, 2.75) is 6.42 Å². The lowest BCUT2D eigenvalue weighted by atomic mass is 9.91. The summed E-state index contributed by atoms with van der Waals surface area (Å²) in [5.74, 6) is -0.463. The SMILES string of the molecule is C=CCN1CCN(C(=O)c2ccccn2)C[C@@H](Cc2ccccc2-c2cccnc2)C1=O. The molecule has 3 aromatic rings. The average molecular weight is 427 g/mol. The van der Waals surface area contributed by atoms with Crippen LogP contribution in [0.25, 0.3) is 11.1 Å². The number of rotatable bonds is 6. The van der Waals surface area contributed by atoms with Gasteiger partial charge in [0.15, 0.2) is 0 Å². The standard InChI is InChI=1S/C26H26N4O2/c1-2-14-29-15-16-30(26(32)24-11-5-6-13-28-24)19-22(25(29)31)17-20-8-3-4-10-23(20)21-9-7-12-27-18-21/h2-13,18,22H,1,14-17,19H2/t22-/m1/s1. The minimum atomic E-state index is -0.358. The predicted molar refractivity (Wildman–Crippen MR) is 124 cm³/mol. The van der Waals surface area contributed by atoms with Crippen molar-refractivity contribution in [1.82, 2.24) is 19.8 Å². The number of pyridine rings is 2. The molecule has 4 rings (SSSR count). The Hall–Kier alpha value is -3.80. The molecule has 0 unspecified atom stereocenters. The Morgan fingerprint density at radius 3 is 2.66 bits per heavy atom. The zero-order valence-electron chi connectivity index (χ0n) is 17.9. The molecule has 0 spiro atoms. The van der Waals surface area contributed by atoms with Gasteiger partial charge in [-0.25, -0.2) is 0 Å². The summed E-state index contributed by atoms with van der Waals surface area (Å²) in [5, 5.41) is 0. The van der Waals surface area contributed by atoms with Crippen LogP contribution < -0.4 is 0 Å². The Balaban J connectivity index is 1.64. The van der Waals surface area contributed by atoms with E-state index in [2.05, 4.69) is 16.5 Å². The van der Waals surface area contributed by atoms with Crippen molar-refractivity contribution in [1.29, 1.82) is 0 Å². The van der Waals surface area contributed by atoms with Crippen molar-refractivity contribution in [2.75, 3.05) is 26.2 Å². The molecule has 162 valence electrons. The second-order valence-electron chi connectivity index (χ2n) is 7.84. The Morgan fingerprint density at radius 1 is 1.06 bits per heavy atom. The van der Waals surface area contributed by atoms with E-state index >= 15 is 0 Å². The van der Waals surface area contributed by atoms with Gasteiger partial charge < -0.3 is 9.80 Å². The van der Waals surface area contributed by atoms with Crippen LogP contribution in [0, 0.1) is 5.92 Å². The molecule has 1 fully saturated rings. The molecule has 2 amide bonds. The Bertz CT molecular complexity index is 1090. The first kappa shape index (κ1) is 21.4. The maximum atomic E-state index is 13.4. The molecule has 1 aliphatic rings. The fraction of sp³-hybridized carbons (Fsp3) is 0.231. The van der Waals surface area contributed by atoms with Crippen molar-refractivity contribution >= 4 is 11.8 Å². The lowest BCUT2D eigenvalue weighted by Crippen LogP contribution is -2.38. The van der Waals surface area contributed by atoms with E-state index in [0.717, 1.165) is 16.7 Å². The van der Waals surface area contributed by atoms with E-state index < -0.39 is 0 Å². The maximum Gasteiger partial charge on any atom is 0.272 e. The van der Waals surface area contributed by atoms with Gasteiger partial charge in [0.1, 0.15) is 5.69 Å². The third-order valence-electron chi connectivity index (χ3n) is 5.72. The van der Waals surface area contributed by atoms with Gasteiger partial charge in [-0.3, -0.25) is 19.6 Å².